The Morgan fingerprint density at radius 3 is 2.68 bits per heavy atom. The lowest BCUT2D eigenvalue weighted by atomic mass is 10.2. The predicted molar refractivity (Wildman–Crippen MR) is 81.7 cm³/mol. The van der Waals surface area contributed by atoms with E-state index in [9.17, 15) is 0 Å². The molecule has 0 radical (unpaired) electrons. The molecule has 4 rings (SSSR count). The molecular formula is C16H16N5O+. The summed E-state index contributed by atoms with van der Waals surface area (Å²) >= 11 is 0. The predicted octanol–water partition coefficient (Wildman–Crippen LogP) is 1.51. The van der Waals surface area contributed by atoms with Crippen molar-refractivity contribution in [3.63, 3.8) is 0 Å². The lowest BCUT2D eigenvalue weighted by molar-refractivity contribution is -0.514. The number of hydrogen-bond donors (Lipinski definition) is 0. The molecule has 1 aliphatic heterocycles. The standard InChI is InChI=1S/C16H16N5O/c1-2-7-13(8-3-1)16(20-11-4-5-12-20)22-21-15-14(18-19-21)9-6-10-17-15/h1-3,6-10H,4-5,11-12H2/q+1. The third-order valence-corrected chi connectivity index (χ3v) is 3.77. The summed E-state index contributed by atoms with van der Waals surface area (Å²) < 4.78 is 2.24. The Balaban J connectivity index is 1.78. The summed E-state index contributed by atoms with van der Waals surface area (Å²) in [5.74, 6) is 0.801. The molecule has 1 aromatic carbocycles. The average Bonchev–Trinajstić information content (AvgIpc) is 3.23. The van der Waals surface area contributed by atoms with Gasteiger partial charge in [0.1, 0.15) is 18.6 Å². The molecule has 0 saturated carbocycles. The molecule has 2 aromatic heterocycles. The fraction of sp³-hybridized carbons (Fsp3) is 0.250. The second-order valence-corrected chi connectivity index (χ2v) is 5.27. The van der Waals surface area contributed by atoms with Crippen LogP contribution < -0.4 is 4.84 Å². The van der Waals surface area contributed by atoms with E-state index in [0.29, 0.717) is 5.65 Å². The van der Waals surface area contributed by atoms with E-state index < -0.39 is 0 Å². The van der Waals surface area contributed by atoms with E-state index in [0.717, 1.165) is 30.1 Å². The lowest BCUT2D eigenvalue weighted by Crippen LogP contribution is -2.31. The van der Waals surface area contributed by atoms with Gasteiger partial charge in [0, 0.05) is 19.0 Å². The zero-order chi connectivity index (χ0) is 14.8. The highest BCUT2D eigenvalue weighted by atomic mass is 16.7. The molecule has 1 fully saturated rings. The Bertz CT molecular complexity index is 817. The average molecular weight is 294 g/mol. The molecule has 0 spiro atoms. The molecule has 3 aromatic rings. The summed E-state index contributed by atoms with van der Waals surface area (Å²) in [4.78, 5) is 11.8. The van der Waals surface area contributed by atoms with E-state index >= 15 is 0 Å². The Labute approximate surface area is 127 Å². The summed E-state index contributed by atoms with van der Waals surface area (Å²) in [5, 5.41) is 8.15. The van der Waals surface area contributed by atoms with Gasteiger partial charge in [-0.15, -0.1) is 5.10 Å². The Morgan fingerprint density at radius 1 is 1.05 bits per heavy atom. The van der Waals surface area contributed by atoms with Crippen molar-refractivity contribution in [1.82, 2.24) is 20.1 Å². The van der Waals surface area contributed by atoms with Gasteiger partial charge in [-0.2, -0.15) is 4.58 Å². The molecule has 0 bridgehead atoms. The maximum atomic E-state index is 6.06. The highest BCUT2D eigenvalue weighted by Gasteiger charge is 2.25. The monoisotopic (exact) mass is 294 g/mol. The molecule has 0 unspecified atom stereocenters. The van der Waals surface area contributed by atoms with Crippen molar-refractivity contribution in [3.05, 3.63) is 54.2 Å². The highest BCUT2D eigenvalue weighted by Crippen LogP contribution is 2.10. The fourth-order valence-corrected chi connectivity index (χ4v) is 2.68. The van der Waals surface area contributed by atoms with Crippen LogP contribution in [0, 0.1) is 0 Å². The molecule has 6 heteroatoms. The van der Waals surface area contributed by atoms with Gasteiger partial charge < -0.3 is 0 Å². The number of fused-ring (bicyclic) bond motifs is 1. The molecule has 0 aliphatic carbocycles. The van der Waals surface area contributed by atoms with E-state index in [-0.39, 0.29) is 0 Å². The minimum Gasteiger partial charge on any atom is -0.290 e. The van der Waals surface area contributed by atoms with Gasteiger partial charge in [-0.1, -0.05) is 18.2 Å². The lowest BCUT2D eigenvalue weighted by Gasteiger charge is -2.06. The van der Waals surface area contributed by atoms with Crippen LogP contribution in [0.5, 0.6) is 0 Å². The third kappa shape index (κ3) is 2.32. The minimum absolute atomic E-state index is 0.620. The minimum atomic E-state index is 0.620. The summed E-state index contributed by atoms with van der Waals surface area (Å²) in [6.07, 6.45) is 4.07. The van der Waals surface area contributed by atoms with Gasteiger partial charge in [-0.05, 0) is 34.3 Å². The number of hydrogen-bond acceptors (Lipinski definition) is 4. The van der Waals surface area contributed by atoms with Crippen molar-refractivity contribution >= 4 is 17.1 Å². The van der Waals surface area contributed by atoms with Crippen molar-refractivity contribution in [1.29, 1.82) is 0 Å². The van der Waals surface area contributed by atoms with Gasteiger partial charge in [0.2, 0.25) is 5.65 Å². The molecule has 0 N–H and O–H groups in total. The number of rotatable bonds is 2. The quantitative estimate of drug-likeness (QED) is 0.531. The van der Waals surface area contributed by atoms with E-state index in [1.54, 1.807) is 6.20 Å². The van der Waals surface area contributed by atoms with Crippen LogP contribution >= 0.6 is 0 Å². The van der Waals surface area contributed by atoms with Crippen LogP contribution in [-0.4, -0.2) is 43.7 Å². The molecule has 6 nitrogen and oxygen atoms in total. The van der Waals surface area contributed by atoms with Gasteiger partial charge in [0.25, 0.3) is 0 Å². The van der Waals surface area contributed by atoms with Gasteiger partial charge in [-0.25, -0.2) is 4.98 Å². The zero-order valence-corrected chi connectivity index (χ0v) is 12.1. The first-order valence-electron chi connectivity index (χ1n) is 7.44. The first-order chi connectivity index (χ1) is 10.9. The van der Waals surface area contributed by atoms with Crippen LogP contribution in [0.15, 0.2) is 48.7 Å². The van der Waals surface area contributed by atoms with E-state index in [4.69, 9.17) is 4.84 Å². The topological polar surface area (TPSA) is 55.8 Å². The second-order valence-electron chi connectivity index (χ2n) is 5.27. The third-order valence-electron chi connectivity index (χ3n) is 3.77. The first kappa shape index (κ1) is 12.9. The zero-order valence-electron chi connectivity index (χ0n) is 12.1. The van der Waals surface area contributed by atoms with Gasteiger partial charge in [0.05, 0.1) is 5.56 Å². The normalized spacial score (nSPS) is 14.5. The Kier molecular flexibility index (Phi) is 3.27. The number of pyridine rings is 1. The molecule has 3 heterocycles. The smallest absolute Gasteiger partial charge is 0.290 e. The van der Waals surface area contributed by atoms with Crippen molar-refractivity contribution in [2.24, 2.45) is 0 Å². The number of nitrogens with zero attached hydrogens (tertiary/aromatic N) is 5. The van der Waals surface area contributed by atoms with Crippen LogP contribution in [0.1, 0.15) is 18.4 Å². The Morgan fingerprint density at radius 2 is 1.86 bits per heavy atom. The Hall–Kier alpha value is -2.76. The molecule has 1 aliphatic rings. The second kappa shape index (κ2) is 5.55. The first-order valence-corrected chi connectivity index (χ1v) is 7.44. The molecule has 1 saturated heterocycles. The molecular weight excluding hydrogens is 278 g/mol. The van der Waals surface area contributed by atoms with Crippen molar-refractivity contribution in [2.75, 3.05) is 13.1 Å². The summed E-state index contributed by atoms with van der Waals surface area (Å²) in [6.45, 7) is 1.98. The fourth-order valence-electron chi connectivity index (χ4n) is 2.68. The van der Waals surface area contributed by atoms with Crippen molar-refractivity contribution in [2.45, 2.75) is 12.8 Å². The summed E-state index contributed by atoms with van der Waals surface area (Å²) in [5.41, 5.74) is 2.37. The molecule has 110 valence electrons. The number of benzene rings is 1. The van der Waals surface area contributed by atoms with E-state index in [1.807, 2.05) is 42.5 Å². The molecule has 0 amide bonds. The van der Waals surface area contributed by atoms with Crippen LogP contribution in [0.4, 0.5) is 0 Å². The number of aromatic nitrogens is 4. The van der Waals surface area contributed by atoms with E-state index in [2.05, 4.69) is 19.9 Å². The SMILES string of the molecule is c1ccc(C(On2nnc3cccnc32)=[N+]2CCCC2)cc1. The highest BCUT2D eigenvalue weighted by molar-refractivity contribution is 5.90. The van der Waals surface area contributed by atoms with Crippen LogP contribution in [0.25, 0.3) is 11.2 Å². The van der Waals surface area contributed by atoms with Crippen LogP contribution in [0.2, 0.25) is 0 Å². The maximum absolute atomic E-state index is 6.06. The largest absolute Gasteiger partial charge is 0.396 e. The maximum Gasteiger partial charge on any atom is 0.396 e. The van der Waals surface area contributed by atoms with Crippen molar-refractivity contribution < 1.29 is 9.41 Å². The van der Waals surface area contributed by atoms with E-state index in [1.165, 1.54) is 17.7 Å². The van der Waals surface area contributed by atoms with Gasteiger partial charge in [0.15, 0.2) is 0 Å². The summed E-state index contributed by atoms with van der Waals surface area (Å²) in [6, 6.07) is 13.8. The van der Waals surface area contributed by atoms with Crippen LogP contribution in [-0.2, 0) is 0 Å². The van der Waals surface area contributed by atoms with Crippen molar-refractivity contribution in [3.8, 4) is 0 Å². The molecule has 22 heavy (non-hydrogen) atoms. The summed E-state index contributed by atoms with van der Waals surface area (Å²) in [7, 11) is 0. The van der Waals surface area contributed by atoms with Crippen LogP contribution in [0.3, 0.4) is 0 Å². The van der Waals surface area contributed by atoms with Gasteiger partial charge in [-0.3, -0.25) is 4.84 Å². The molecule has 0 atom stereocenters. The van der Waals surface area contributed by atoms with Gasteiger partial charge >= 0.3 is 5.90 Å².